The molecule has 1 aromatic rings. The fraction of sp³-hybridized carbons (Fsp3) is 0.143. The average molecular weight is 151 g/mol. The van der Waals surface area contributed by atoms with Gasteiger partial charge in [-0.1, -0.05) is 0 Å². The molecule has 0 heterocycles. The quantitative estimate of drug-likeness (QED) is 0.384. The van der Waals surface area contributed by atoms with Gasteiger partial charge in [0.1, 0.15) is 5.69 Å². The van der Waals surface area contributed by atoms with Gasteiger partial charge in [-0.3, -0.25) is 5.84 Å². The predicted octanol–water partition coefficient (Wildman–Crippen LogP) is 1.68. The molecule has 0 bridgehead atoms. The highest BCUT2D eigenvalue weighted by Gasteiger charge is 1.96. The molecule has 0 amide bonds. The summed E-state index contributed by atoms with van der Waals surface area (Å²) in [7, 11) is 0. The second kappa shape index (κ2) is 3.12. The SMILES string of the molecule is Cc1cc(N=O)ccc1NN. The molecule has 0 spiro atoms. The van der Waals surface area contributed by atoms with Gasteiger partial charge in [0.25, 0.3) is 0 Å². The topological polar surface area (TPSA) is 67.5 Å². The van der Waals surface area contributed by atoms with E-state index in [1.54, 1.807) is 18.2 Å². The van der Waals surface area contributed by atoms with Crippen molar-refractivity contribution >= 4 is 11.4 Å². The number of rotatable bonds is 2. The van der Waals surface area contributed by atoms with Crippen LogP contribution in [0.4, 0.5) is 11.4 Å². The molecular weight excluding hydrogens is 142 g/mol. The second-order valence-electron chi connectivity index (χ2n) is 2.23. The molecule has 3 N–H and O–H groups in total. The van der Waals surface area contributed by atoms with Crippen molar-refractivity contribution in [3.8, 4) is 0 Å². The zero-order chi connectivity index (χ0) is 8.27. The average Bonchev–Trinajstić information content (AvgIpc) is 2.04. The Morgan fingerprint density at radius 1 is 1.55 bits per heavy atom. The van der Waals surface area contributed by atoms with Crippen LogP contribution in [0.5, 0.6) is 0 Å². The molecule has 0 saturated heterocycles. The zero-order valence-electron chi connectivity index (χ0n) is 6.16. The molecule has 0 atom stereocenters. The molecule has 58 valence electrons. The first kappa shape index (κ1) is 7.68. The Labute approximate surface area is 64.4 Å². The van der Waals surface area contributed by atoms with E-state index < -0.39 is 0 Å². The van der Waals surface area contributed by atoms with Crippen LogP contribution in [0.25, 0.3) is 0 Å². The molecule has 4 heteroatoms. The minimum absolute atomic E-state index is 0.418. The molecule has 0 aliphatic rings. The largest absolute Gasteiger partial charge is 0.324 e. The van der Waals surface area contributed by atoms with E-state index in [2.05, 4.69) is 10.6 Å². The number of hydrogen-bond acceptors (Lipinski definition) is 4. The number of hydrogen-bond donors (Lipinski definition) is 2. The Balaban J connectivity index is 3.09. The van der Waals surface area contributed by atoms with Crippen molar-refractivity contribution in [2.45, 2.75) is 6.92 Å². The standard InChI is InChI=1S/C7H9N3O/c1-5-4-6(10-11)2-3-7(5)9-8/h2-4,9H,8H2,1H3. The monoisotopic (exact) mass is 151 g/mol. The maximum Gasteiger partial charge on any atom is 0.108 e. The number of anilines is 1. The molecule has 1 aromatic carbocycles. The van der Waals surface area contributed by atoms with E-state index in [-0.39, 0.29) is 0 Å². The van der Waals surface area contributed by atoms with Crippen LogP contribution in [-0.4, -0.2) is 0 Å². The summed E-state index contributed by atoms with van der Waals surface area (Å²) >= 11 is 0. The van der Waals surface area contributed by atoms with Gasteiger partial charge in [-0.25, -0.2) is 0 Å². The van der Waals surface area contributed by atoms with Gasteiger partial charge in [0.15, 0.2) is 0 Å². The Morgan fingerprint density at radius 3 is 2.73 bits per heavy atom. The molecule has 0 aromatic heterocycles. The summed E-state index contributed by atoms with van der Waals surface area (Å²) in [6.07, 6.45) is 0. The zero-order valence-corrected chi connectivity index (χ0v) is 6.16. The first-order chi connectivity index (χ1) is 5.27. The minimum atomic E-state index is 0.418. The van der Waals surface area contributed by atoms with Gasteiger partial charge in [-0.05, 0) is 35.9 Å². The smallest absolute Gasteiger partial charge is 0.108 e. The first-order valence-electron chi connectivity index (χ1n) is 3.18. The van der Waals surface area contributed by atoms with Crippen molar-refractivity contribution in [2.24, 2.45) is 11.0 Å². The Kier molecular flexibility index (Phi) is 2.18. The van der Waals surface area contributed by atoms with E-state index in [1.807, 2.05) is 6.92 Å². The van der Waals surface area contributed by atoms with E-state index in [0.29, 0.717) is 5.69 Å². The van der Waals surface area contributed by atoms with Crippen LogP contribution < -0.4 is 11.3 Å². The van der Waals surface area contributed by atoms with E-state index in [4.69, 9.17) is 5.84 Å². The van der Waals surface area contributed by atoms with Gasteiger partial charge in [-0.15, -0.1) is 4.91 Å². The van der Waals surface area contributed by atoms with Crippen molar-refractivity contribution < 1.29 is 0 Å². The summed E-state index contributed by atoms with van der Waals surface area (Å²) < 4.78 is 0. The maximum absolute atomic E-state index is 10.1. The lowest BCUT2D eigenvalue weighted by atomic mass is 10.2. The first-order valence-corrected chi connectivity index (χ1v) is 3.18. The third kappa shape index (κ3) is 1.53. The summed E-state index contributed by atoms with van der Waals surface area (Å²) in [6.45, 7) is 1.85. The molecule has 0 fully saturated rings. The molecule has 0 unspecified atom stereocenters. The normalized spacial score (nSPS) is 9.27. The van der Waals surface area contributed by atoms with E-state index in [0.717, 1.165) is 11.3 Å². The highest BCUT2D eigenvalue weighted by atomic mass is 16.3. The van der Waals surface area contributed by atoms with Gasteiger partial charge < -0.3 is 5.43 Å². The molecule has 0 saturated carbocycles. The van der Waals surface area contributed by atoms with Crippen LogP contribution in [0.15, 0.2) is 23.4 Å². The van der Waals surface area contributed by atoms with Crippen molar-refractivity contribution in [3.05, 3.63) is 28.7 Å². The Bertz CT molecular complexity index is 272. The number of nitrogens with zero attached hydrogens (tertiary/aromatic N) is 1. The molecule has 0 aliphatic carbocycles. The lowest BCUT2D eigenvalue weighted by Crippen LogP contribution is -2.07. The second-order valence-corrected chi connectivity index (χ2v) is 2.23. The number of benzene rings is 1. The van der Waals surface area contributed by atoms with Crippen molar-refractivity contribution in [2.75, 3.05) is 5.43 Å². The van der Waals surface area contributed by atoms with Crippen LogP contribution in [0.1, 0.15) is 5.56 Å². The van der Waals surface area contributed by atoms with E-state index in [1.165, 1.54) is 0 Å². The maximum atomic E-state index is 10.1. The number of nitroso groups, excluding NO2 is 1. The lowest BCUT2D eigenvalue weighted by molar-refractivity contribution is 1.30. The highest BCUT2D eigenvalue weighted by molar-refractivity contribution is 5.56. The van der Waals surface area contributed by atoms with Crippen molar-refractivity contribution in [3.63, 3.8) is 0 Å². The van der Waals surface area contributed by atoms with Gasteiger partial charge in [0, 0.05) is 0 Å². The third-order valence-electron chi connectivity index (χ3n) is 1.47. The van der Waals surface area contributed by atoms with Gasteiger partial charge >= 0.3 is 0 Å². The summed E-state index contributed by atoms with van der Waals surface area (Å²) in [4.78, 5) is 10.1. The Hall–Kier alpha value is -1.42. The van der Waals surface area contributed by atoms with Crippen LogP contribution >= 0.6 is 0 Å². The van der Waals surface area contributed by atoms with E-state index in [9.17, 15) is 4.91 Å². The van der Waals surface area contributed by atoms with Crippen LogP contribution in [0.3, 0.4) is 0 Å². The van der Waals surface area contributed by atoms with E-state index >= 15 is 0 Å². The molecule has 1 rings (SSSR count). The molecule has 11 heavy (non-hydrogen) atoms. The number of nitrogens with two attached hydrogens (primary N) is 1. The van der Waals surface area contributed by atoms with Crippen LogP contribution in [0.2, 0.25) is 0 Å². The molecular formula is C7H9N3O. The van der Waals surface area contributed by atoms with Crippen LogP contribution in [-0.2, 0) is 0 Å². The van der Waals surface area contributed by atoms with Gasteiger partial charge in [-0.2, -0.15) is 0 Å². The van der Waals surface area contributed by atoms with Crippen LogP contribution in [0, 0.1) is 11.8 Å². The predicted molar refractivity (Wildman–Crippen MR) is 44.4 cm³/mol. The summed E-state index contributed by atoms with van der Waals surface area (Å²) in [5.74, 6) is 5.18. The van der Waals surface area contributed by atoms with Gasteiger partial charge in [0.05, 0.1) is 5.69 Å². The Morgan fingerprint density at radius 2 is 2.27 bits per heavy atom. The van der Waals surface area contributed by atoms with Crippen molar-refractivity contribution in [1.82, 2.24) is 0 Å². The van der Waals surface area contributed by atoms with Crippen molar-refractivity contribution in [1.29, 1.82) is 0 Å². The molecule has 4 nitrogen and oxygen atoms in total. The fourth-order valence-electron chi connectivity index (χ4n) is 0.867. The number of nitrogen functional groups attached to an aromatic ring is 1. The molecule has 0 radical (unpaired) electrons. The number of nitrogens with one attached hydrogen (secondary N) is 1. The third-order valence-corrected chi connectivity index (χ3v) is 1.47. The minimum Gasteiger partial charge on any atom is -0.324 e. The highest BCUT2D eigenvalue weighted by Crippen LogP contribution is 2.20. The fourth-order valence-corrected chi connectivity index (χ4v) is 0.867. The summed E-state index contributed by atoms with van der Waals surface area (Å²) in [5.41, 5.74) is 4.63. The summed E-state index contributed by atoms with van der Waals surface area (Å²) in [6, 6.07) is 4.99. The lowest BCUT2D eigenvalue weighted by Gasteiger charge is -2.02. The summed E-state index contributed by atoms with van der Waals surface area (Å²) in [5, 5.41) is 2.79. The van der Waals surface area contributed by atoms with Gasteiger partial charge in [0.2, 0.25) is 0 Å². The number of aryl methyl sites for hydroxylation is 1. The molecule has 0 aliphatic heterocycles. The number of hydrazine groups is 1.